The number of hydrogen-bond acceptors (Lipinski definition) is 6. The Kier molecular flexibility index (Phi) is 6.42. The van der Waals surface area contributed by atoms with E-state index in [9.17, 15) is 9.90 Å². The number of nitrogens with one attached hydrogen (secondary N) is 2. The van der Waals surface area contributed by atoms with Crippen LogP contribution in [-0.2, 0) is 0 Å². The van der Waals surface area contributed by atoms with Crippen molar-refractivity contribution in [1.82, 2.24) is 10.3 Å². The molecule has 3 aromatic carbocycles. The first-order chi connectivity index (χ1) is 15.8. The number of phenols is 1. The fraction of sp³-hybridized carbons (Fsp3) is 0.0870. The van der Waals surface area contributed by atoms with E-state index in [0.717, 1.165) is 0 Å². The zero-order valence-electron chi connectivity index (χ0n) is 17.4. The first-order valence-electron chi connectivity index (χ1n) is 9.61. The summed E-state index contributed by atoms with van der Waals surface area (Å²) in [4.78, 5) is 17.0. The molecule has 7 nitrogen and oxygen atoms in total. The van der Waals surface area contributed by atoms with Crippen molar-refractivity contribution in [1.29, 1.82) is 0 Å². The topological polar surface area (TPSA) is 96.6 Å². The Morgan fingerprint density at radius 1 is 1.15 bits per heavy atom. The van der Waals surface area contributed by atoms with Crippen LogP contribution in [0.1, 0.15) is 15.9 Å². The summed E-state index contributed by atoms with van der Waals surface area (Å²) in [7, 11) is 1.43. The van der Waals surface area contributed by atoms with Gasteiger partial charge in [0.2, 0.25) is 5.89 Å². The monoisotopic (exact) mass is 501 g/mol. The molecule has 0 saturated heterocycles. The Labute approximate surface area is 204 Å². The quantitative estimate of drug-likeness (QED) is 0.234. The minimum Gasteiger partial charge on any atom is -0.507 e. The van der Waals surface area contributed by atoms with E-state index in [2.05, 4.69) is 15.6 Å². The van der Waals surface area contributed by atoms with Crippen molar-refractivity contribution in [2.24, 2.45) is 0 Å². The van der Waals surface area contributed by atoms with Gasteiger partial charge in [-0.25, -0.2) is 4.98 Å². The molecule has 1 heterocycles. The number of fused-ring (bicyclic) bond motifs is 1. The molecule has 0 fully saturated rings. The Morgan fingerprint density at radius 2 is 1.85 bits per heavy atom. The van der Waals surface area contributed by atoms with Crippen LogP contribution in [0.3, 0.4) is 0 Å². The number of phenolic OH excluding ortho intramolecular Hbond substituents is 1. The fourth-order valence-corrected chi connectivity index (χ4v) is 4.08. The number of amides is 1. The second-order valence-corrected chi connectivity index (χ2v) is 8.28. The molecule has 0 saturated carbocycles. The van der Waals surface area contributed by atoms with E-state index in [1.54, 1.807) is 25.1 Å². The van der Waals surface area contributed by atoms with E-state index in [4.69, 9.17) is 44.6 Å². The number of aromatic hydroxyl groups is 1. The van der Waals surface area contributed by atoms with Crippen LogP contribution in [0.15, 0.2) is 52.9 Å². The zero-order chi connectivity index (χ0) is 23.7. The maximum absolute atomic E-state index is 12.6. The van der Waals surface area contributed by atoms with Crippen LogP contribution in [0.4, 0.5) is 5.69 Å². The molecule has 33 heavy (non-hydrogen) atoms. The van der Waals surface area contributed by atoms with Crippen LogP contribution in [0.2, 0.25) is 10.0 Å². The molecule has 168 valence electrons. The van der Waals surface area contributed by atoms with E-state index < -0.39 is 5.91 Å². The number of hydrogen-bond donors (Lipinski definition) is 3. The highest BCUT2D eigenvalue weighted by Crippen LogP contribution is 2.36. The van der Waals surface area contributed by atoms with Crippen LogP contribution in [0.5, 0.6) is 11.5 Å². The van der Waals surface area contributed by atoms with Gasteiger partial charge in [-0.2, -0.15) is 0 Å². The van der Waals surface area contributed by atoms with Crippen molar-refractivity contribution in [2.45, 2.75) is 6.92 Å². The lowest BCUT2D eigenvalue weighted by molar-refractivity contribution is 0.0977. The number of carbonyl (C=O) groups is 1. The standard InChI is InChI=1S/C23H17Cl2N3O4S/c1-11-7-13(10-14(19(11)29)22-27-17-5-3-4-6-18(17)32-22)26-23(33)28-21(30)12-8-15(24)20(31-2)16(25)9-12/h3-10,29H,1-2H3,(H2,26,28,30,33). The van der Waals surface area contributed by atoms with Crippen LogP contribution in [-0.4, -0.2) is 28.2 Å². The molecular weight excluding hydrogens is 485 g/mol. The van der Waals surface area contributed by atoms with Gasteiger partial charge in [0.05, 0.1) is 22.7 Å². The van der Waals surface area contributed by atoms with Gasteiger partial charge in [0.25, 0.3) is 5.91 Å². The van der Waals surface area contributed by atoms with Crippen molar-refractivity contribution >= 4 is 63.2 Å². The zero-order valence-corrected chi connectivity index (χ0v) is 19.7. The van der Waals surface area contributed by atoms with Crippen molar-refractivity contribution < 1.29 is 19.1 Å². The van der Waals surface area contributed by atoms with Gasteiger partial charge in [-0.05, 0) is 61.1 Å². The molecule has 4 aromatic rings. The number of ether oxygens (including phenoxy) is 1. The predicted molar refractivity (Wildman–Crippen MR) is 133 cm³/mol. The lowest BCUT2D eigenvalue weighted by Crippen LogP contribution is -2.34. The number of para-hydroxylation sites is 2. The van der Waals surface area contributed by atoms with Crippen molar-refractivity contribution in [3.8, 4) is 23.0 Å². The molecule has 0 atom stereocenters. The smallest absolute Gasteiger partial charge is 0.257 e. The third-order valence-electron chi connectivity index (χ3n) is 4.77. The lowest BCUT2D eigenvalue weighted by atomic mass is 10.1. The number of anilines is 1. The van der Waals surface area contributed by atoms with Crippen LogP contribution >= 0.6 is 35.4 Å². The molecule has 0 aliphatic carbocycles. The number of carbonyl (C=O) groups excluding carboxylic acids is 1. The summed E-state index contributed by atoms with van der Waals surface area (Å²) in [6, 6.07) is 13.5. The molecule has 4 rings (SSSR count). The second-order valence-electron chi connectivity index (χ2n) is 7.06. The summed E-state index contributed by atoms with van der Waals surface area (Å²) in [6.45, 7) is 1.73. The van der Waals surface area contributed by atoms with Gasteiger partial charge in [-0.15, -0.1) is 0 Å². The van der Waals surface area contributed by atoms with E-state index in [0.29, 0.717) is 27.9 Å². The normalized spacial score (nSPS) is 10.8. The Balaban J connectivity index is 1.55. The van der Waals surface area contributed by atoms with Gasteiger partial charge in [-0.1, -0.05) is 35.3 Å². The number of thiocarbonyl (C=S) groups is 1. The molecule has 0 spiro atoms. The van der Waals surface area contributed by atoms with E-state index in [1.807, 2.05) is 18.2 Å². The molecule has 0 radical (unpaired) electrons. The number of aryl methyl sites for hydroxylation is 1. The van der Waals surface area contributed by atoms with E-state index >= 15 is 0 Å². The highest BCUT2D eigenvalue weighted by Gasteiger charge is 2.17. The summed E-state index contributed by atoms with van der Waals surface area (Å²) in [6.07, 6.45) is 0. The van der Waals surface area contributed by atoms with E-state index in [1.165, 1.54) is 19.2 Å². The predicted octanol–water partition coefficient (Wildman–Crippen LogP) is 5.95. The van der Waals surface area contributed by atoms with Gasteiger partial charge in [0.1, 0.15) is 11.3 Å². The van der Waals surface area contributed by atoms with Crippen molar-refractivity contribution in [2.75, 3.05) is 12.4 Å². The van der Waals surface area contributed by atoms with Crippen molar-refractivity contribution in [3.63, 3.8) is 0 Å². The summed E-state index contributed by atoms with van der Waals surface area (Å²) < 4.78 is 10.9. The molecular formula is C23H17Cl2N3O4S. The number of oxazole rings is 1. The van der Waals surface area contributed by atoms with Gasteiger partial charge >= 0.3 is 0 Å². The Hall–Kier alpha value is -3.33. The highest BCUT2D eigenvalue weighted by atomic mass is 35.5. The highest BCUT2D eigenvalue weighted by molar-refractivity contribution is 7.80. The average molecular weight is 502 g/mol. The fourth-order valence-electron chi connectivity index (χ4n) is 3.23. The molecule has 1 aromatic heterocycles. The maximum atomic E-state index is 12.6. The molecule has 0 unspecified atom stereocenters. The number of rotatable bonds is 4. The van der Waals surface area contributed by atoms with Gasteiger partial charge in [-0.3, -0.25) is 10.1 Å². The summed E-state index contributed by atoms with van der Waals surface area (Å²) in [5.74, 6) is 0.0676. The number of aromatic nitrogens is 1. The molecule has 0 aliphatic rings. The summed E-state index contributed by atoms with van der Waals surface area (Å²) in [5, 5.41) is 16.5. The number of benzene rings is 3. The van der Waals surface area contributed by atoms with Crippen molar-refractivity contribution in [3.05, 3.63) is 69.7 Å². The Bertz CT molecular complexity index is 1350. The van der Waals surface area contributed by atoms with Crippen LogP contribution in [0.25, 0.3) is 22.6 Å². The SMILES string of the molecule is COc1c(Cl)cc(C(=O)NC(=S)Nc2cc(C)c(O)c(-c3nc4ccccc4o3)c2)cc1Cl. The Morgan fingerprint density at radius 3 is 2.52 bits per heavy atom. The number of methoxy groups -OCH3 is 1. The minimum absolute atomic E-state index is 0.0320. The maximum Gasteiger partial charge on any atom is 0.257 e. The van der Waals surface area contributed by atoms with Gasteiger partial charge < -0.3 is 19.6 Å². The van der Waals surface area contributed by atoms with E-state index in [-0.39, 0.29) is 38.1 Å². The first kappa shape index (κ1) is 22.8. The molecule has 0 aliphatic heterocycles. The molecule has 10 heteroatoms. The summed E-state index contributed by atoms with van der Waals surface area (Å²) in [5.41, 5.74) is 2.96. The van der Waals surface area contributed by atoms with Gasteiger partial charge in [0, 0.05) is 11.3 Å². The number of halogens is 2. The number of nitrogens with zero attached hydrogens (tertiary/aromatic N) is 1. The second kappa shape index (κ2) is 9.27. The average Bonchev–Trinajstić information content (AvgIpc) is 3.19. The largest absolute Gasteiger partial charge is 0.507 e. The van der Waals surface area contributed by atoms with Crippen LogP contribution in [0, 0.1) is 6.92 Å². The minimum atomic E-state index is -0.506. The van der Waals surface area contributed by atoms with Gasteiger partial charge in [0.15, 0.2) is 16.4 Å². The molecule has 0 bridgehead atoms. The first-order valence-corrected chi connectivity index (χ1v) is 10.8. The third kappa shape index (κ3) is 4.73. The van der Waals surface area contributed by atoms with Crippen LogP contribution < -0.4 is 15.4 Å². The lowest BCUT2D eigenvalue weighted by Gasteiger charge is -2.13. The third-order valence-corrected chi connectivity index (χ3v) is 5.54. The molecule has 1 amide bonds. The molecule has 3 N–H and O–H groups in total. The summed E-state index contributed by atoms with van der Waals surface area (Å²) >= 11 is 17.5.